The first-order valence-corrected chi connectivity index (χ1v) is 8.25. The standard InChI is InChI=1S/C18H18BrFN2/c19-13-6-3-5-12(11-13)17-14(7-1-2-10-21)15-8-4-9-16(20)18(15)22-17/h3-6,8-9,11,22H,1-2,7,10,21H2. The first-order chi connectivity index (χ1) is 10.7. The molecule has 0 saturated heterocycles. The van der Waals surface area contributed by atoms with Gasteiger partial charge in [0.2, 0.25) is 0 Å². The summed E-state index contributed by atoms with van der Waals surface area (Å²) in [7, 11) is 0. The molecule has 3 rings (SSSR count). The Kier molecular flexibility index (Phi) is 4.60. The summed E-state index contributed by atoms with van der Waals surface area (Å²) in [5.41, 5.74) is 9.41. The quantitative estimate of drug-likeness (QED) is 0.616. The molecule has 0 bridgehead atoms. The number of nitrogens with two attached hydrogens (primary N) is 1. The van der Waals surface area contributed by atoms with Crippen LogP contribution in [0.2, 0.25) is 0 Å². The lowest BCUT2D eigenvalue weighted by molar-refractivity contribution is 0.637. The van der Waals surface area contributed by atoms with Crippen LogP contribution in [0.3, 0.4) is 0 Å². The first-order valence-electron chi connectivity index (χ1n) is 7.46. The van der Waals surface area contributed by atoms with Gasteiger partial charge in [0.25, 0.3) is 0 Å². The monoisotopic (exact) mass is 360 g/mol. The Bertz CT molecular complexity index is 795. The molecule has 4 heteroatoms. The van der Waals surface area contributed by atoms with Gasteiger partial charge in [-0.3, -0.25) is 0 Å². The highest BCUT2D eigenvalue weighted by atomic mass is 79.9. The zero-order valence-corrected chi connectivity index (χ0v) is 13.8. The maximum absolute atomic E-state index is 14.1. The van der Waals surface area contributed by atoms with Crippen LogP contribution in [0.25, 0.3) is 22.2 Å². The molecule has 0 aliphatic carbocycles. The minimum atomic E-state index is -0.209. The van der Waals surface area contributed by atoms with Gasteiger partial charge in [0.1, 0.15) is 5.82 Å². The fourth-order valence-corrected chi connectivity index (χ4v) is 3.23. The van der Waals surface area contributed by atoms with E-state index in [0.717, 1.165) is 40.4 Å². The van der Waals surface area contributed by atoms with E-state index >= 15 is 0 Å². The van der Waals surface area contributed by atoms with E-state index in [4.69, 9.17) is 5.73 Å². The average Bonchev–Trinajstić information content (AvgIpc) is 2.88. The molecule has 0 aliphatic rings. The van der Waals surface area contributed by atoms with E-state index in [1.54, 1.807) is 6.07 Å². The lowest BCUT2D eigenvalue weighted by atomic mass is 10.0. The second-order valence-electron chi connectivity index (χ2n) is 5.40. The molecule has 0 spiro atoms. The molecule has 2 aromatic carbocycles. The highest BCUT2D eigenvalue weighted by Gasteiger charge is 2.15. The van der Waals surface area contributed by atoms with Crippen LogP contribution in [0.15, 0.2) is 46.9 Å². The zero-order chi connectivity index (χ0) is 15.5. The van der Waals surface area contributed by atoms with Crippen LogP contribution in [-0.4, -0.2) is 11.5 Å². The fraction of sp³-hybridized carbons (Fsp3) is 0.222. The van der Waals surface area contributed by atoms with Crippen molar-refractivity contribution in [3.63, 3.8) is 0 Å². The normalized spacial score (nSPS) is 11.2. The van der Waals surface area contributed by atoms with Crippen molar-refractivity contribution in [3.8, 4) is 11.3 Å². The molecule has 0 unspecified atom stereocenters. The predicted molar refractivity (Wildman–Crippen MR) is 93.4 cm³/mol. The Morgan fingerprint density at radius 2 is 1.91 bits per heavy atom. The number of aromatic nitrogens is 1. The number of benzene rings is 2. The van der Waals surface area contributed by atoms with Crippen LogP contribution in [0.5, 0.6) is 0 Å². The lowest BCUT2D eigenvalue weighted by Crippen LogP contribution is -1.99. The first kappa shape index (κ1) is 15.3. The Morgan fingerprint density at radius 3 is 2.68 bits per heavy atom. The van der Waals surface area contributed by atoms with E-state index in [0.29, 0.717) is 12.1 Å². The SMILES string of the molecule is NCCCCc1c(-c2cccc(Br)c2)[nH]c2c(F)cccc12. The van der Waals surface area contributed by atoms with Gasteiger partial charge in [-0.25, -0.2) is 4.39 Å². The second kappa shape index (κ2) is 6.63. The topological polar surface area (TPSA) is 41.8 Å². The van der Waals surface area contributed by atoms with Crippen LogP contribution >= 0.6 is 15.9 Å². The third-order valence-electron chi connectivity index (χ3n) is 3.88. The molecule has 0 aliphatic heterocycles. The molecule has 114 valence electrons. The Hall–Kier alpha value is -1.65. The fourth-order valence-electron chi connectivity index (χ4n) is 2.83. The zero-order valence-electron chi connectivity index (χ0n) is 12.2. The van der Waals surface area contributed by atoms with Crippen molar-refractivity contribution in [2.75, 3.05) is 6.54 Å². The number of hydrogen-bond donors (Lipinski definition) is 2. The van der Waals surface area contributed by atoms with Crippen molar-refractivity contribution in [3.05, 3.63) is 58.3 Å². The highest BCUT2D eigenvalue weighted by molar-refractivity contribution is 9.10. The molecule has 3 aromatic rings. The van der Waals surface area contributed by atoms with Gasteiger partial charge in [-0.1, -0.05) is 40.2 Å². The largest absolute Gasteiger partial charge is 0.352 e. The van der Waals surface area contributed by atoms with Crippen LogP contribution in [0.1, 0.15) is 18.4 Å². The number of aromatic amines is 1. The summed E-state index contributed by atoms with van der Waals surface area (Å²) in [4.78, 5) is 3.28. The Balaban J connectivity index is 2.15. The number of fused-ring (bicyclic) bond motifs is 1. The van der Waals surface area contributed by atoms with Gasteiger partial charge < -0.3 is 10.7 Å². The number of unbranched alkanes of at least 4 members (excludes halogenated alkanes) is 1. The number of nitrogens with one attached hydrogen (secondary N) is 1. The molecule has 0 fully saturated rings. The molecular formula is C18H18BrFN2. The van der Waals surface area contributed by atoms with Crippen molar-refractivity contribution in [2.45, 2.75) is 19.3 Å². The Morgan fingerprint density at radius 1 is 1.09 bits per heavy atom. The summed E-state index contributed by atoms with van der Waals surface area (Å²) >= 11 is 3.50. The molecular weight excluding hydrogens is 343 g/mol. The summed E-state index contributed by atoms with van der Waals surface area (Å²) in [5, 5.41) is 0.965. The van der Waals surface area contributed by atoms with E-state index in [2.05, 4.69) is 27.0 Å². The molecule has 0 atom stereocenters. The summed E-state index contributed by atoms with van der Waals surface area (Å²) in [6.07, 6.45) is 2.86. The number of hydrogen-bond acceptors (Lipinski definition) is 1. The number of para-hydroxylation sites is 1. The molecule has 22 heavy (non-hydrogen) atoms. The van der Waals surface area contributed by atoms with Gasteiger partial charge in [0, 0.05) is 15.6 Å². The van der Waals surface area contributed by atoms with Crippen molar-refractivity contribution in [2.24, 2.45) is 5.73 Å². The second-order valence-corrected chi connectivity index (χ2v) is 6.31. The van der Waals surface area contributed by atoms with Crippen LogP contribution in [-0.2, 0) is 6.42 Å². The van der Waals surface area contributed by atoms with E-state index in [1.165, 1.54) is 11.6 Å². The average molecular weight is 361 g/mol. The molecule has 0 radical (unpaired) electrons. The van der Waals surface area contributed by atoms with Gasteiger partial charge in [-0.15, -0.1) is 0 Å². The maximum atomic E-state index is 14.1. The van der Waals surface area contributed by atoms with Gasteiger partial charge in [0.05, 0.1) is 5.52 Å². The molecule has 2 nitrogen and oxygen atoms in total. The number of aryl methyl sites for hydroxylation is 1. The number of H-pyrrole nitrogens is 1. The van der Waals surface area contributed by atoms with Crippen LogP contribution < -0.4 is 5.73 Å². The minimum Gasteiger partial charge on any atom is -0.352 e. The highest BCUT2D eigenvalue weighted by Crippen LogP contribution is 2.33. The third-order valence-corrected chi connectivity index (χ3v) is 4.38. The van der Waals surface area contributed by atoms with E-state index < -0.39 is 0 Å². The lowest BCUT2D eigenvalue weighted by Gasteiger charge is -2.05. The van der Waals surface area contributed by atoms with Crippen LogP contribution in [0.4, 0.5) is 4.39 Å². The van der Waals surface area contributed by atoms with Gasteiger partial charge in [0.15, 0.2) is 0 Å². The molecule has 3 N–H and O–H groups in total. The molecule has 0 amide bonds. The predicted octanol–water partition coefficient (Wildman–Crippen LogP) is 5.02. The van der Waals surface area contributed by atoms with Gasteiger partial charge >= 0.3 is 0 Å². The maximum Gasteiger partial charge on any atom is 0.147 e. The van der Waals surface area contributed by atoms with Crippen molar-refractivity contribution in [1.29, 1.82) is 0 Å². The molecule has 1 heterocycles. The summed E-state index contributed by atoms with van der Waals surface area (Å²) in [6, 6.07) is 13.3. The Labute approximate surface area is 137 Å². The van der Waals surface area contributed by atoms with E-state index in [1.807, 2.05) is 24.3 Å². The third kappa shape index (κ3) is 2.94. The van der Waals surface area contributed by atoms with E-state index in [-0.39, 0.29) is 5.82 Å². The summed E-state index contributed by atoms with van der Waals surface area (Å²) in [6.45, 7) is 0.683. The summed E-state index contributed by atoms with van der Waals surface area (Å²) in [5.74, 6) is -0.209. The molecule has 0 saturated carbocycles. The number of halogens is 2. The smallest absolute Gasteiger partial charge is 0.147 e. The van der Waals surface area contributed by atoms with Crippen molar-refractivity contribution in [1.82, 2.24) is 4.98 Å². The number of rotatable bonds is 5. The van der Waals surface area contributed by atoms with Crippen molar-refractivity contribution < 1.29 is 4.39 Å². The summed E-state index contributed by atoms with van der Waals surface area (Å²) < 4.78 is 15.1. The van der Waals surface area contributed by atoms with Gasteiger partial charge in [-0.05, 0) is 55.1 Å². The molecule has 1 aromatic heterocycles. The van der Waals surface area contributed by atoms with E-state index in [9.17, 15) is 4.39 Å². The minimum absolute atomic E-state index is 0.209. The van der Waals surface area contributed by atoms with Crippen molar-refractivity contribution >= 4 is 26.8 Å². The van der Waals surface area contributed by atoms with Gasteiger partial charge in [-0.2, -0.15) is 0 Å². The van der Waals surface area contributed by atoms with Crippen LogP contribution in [0, 0.1) is 5.82 Å².